The van der Waals surface area contributed by atoms with E-state index in [-0.39, 0.29) is 11.1 Å². The number of rotatable bonds is 4. The van der Waals surface area contributed by atoms with E-state index in [9.17, 15) is 23.1 Å². The number of benzene rings is 3. The molecule has 30 heavy (non-hydrogen) atoms. The third-order valence-corrected chi connectivity index (χ3v) is 4.93. The van der Waals surface area contributed by atoms with E-state index in [4.69, 9.17) is 11.6 Å². The van der Waals surface area contributed by atoms with Crippen LogP contribution in [0, 0.1) is 0 Å². The number of imidazole rings is 1. The Bertz CT molecular complexity index is 1250. The molecular formula is C22H14ClF3N2O2. The molecule has 0 aliphatic carbocycles. The molecule has 0 aliphatic heterocycles. The number of hydrogen-bond donors (Lipinski definition) is 1. The van der Waals surface area contributed by atoms with Crippen molar-refractivity contribution in [2.24, 2.45) is 0 Å². The second-order valence-corrected chi connectivity index (χ2v) is 7.16. The standard InChI is InChI=1S/C22H14ClF3N2O2/c23-16-7-4-13(5-8-16)10-20-27-18-12-15(22(24,25)26)6-9-19(18)28(20)17-3-1-2-14(11-17)21(29)30/h1-9,11-12H,10H2,(H,29,30). The maximum absolute atomic E-state index is 13.2. The Labute approximate surface area is 174 Å². The number of carboxylic acid groups (broad SMARTS) is 1. The highest BCUT2D eigenvalue weighted by Crippen LogP contribution is 2.33. The summed E-state index contributed by atoms with van der Waals surface area (Å²) in [5.74, 6) is -0.617. The van der Waals surface area contributed by atoms with Crippen molar-refractivity contribution in [1.82, 2.24) is 9.55 Å². The van der Waals surface area contributed by atoms with E-state index < -0.39 is 17.7 Å². The number of carbonyl (C=O) groups is 1. The van der Waals surface area contributed by atoms with Gasteiger partial charge in [-0.25, -0.2) is 9.78 Å². The van der Waals surface area contributed by atoms with Gasteiger partial charge in [0.15, 0.2) is 0 Å². The molecule has 0 unspecified atom stereocenters. The van der Waals surface area contributed by atoms with Crippen molar-refractivity contribution < 1.29 is 23.1 Å². The van der Waals surface area contributed by atoms with Gasteiger partial charge in [-0.2, -0.15) is 13.2 Å². The van der Waals surface area contributed by atoms with Crippen LogP contribution in [0.3, 0.4) is 0 Å². The minimum atomic E-state index is -4.49. The van der Waals surface area contributed by atoms with E-state index in [0.29, 0.717) is 28.5 Å². The first-order valence-corrected chi connectivity index (χ1v) is 9.27. The van der Waals surface area contributed by atoms with Gasteiger partial charge in [0, 0.05) is 17.1 Å². The SMILES string of the molecule is O=C(O)c1cccc(-n2c(Cc3ccc(Cl)cc3)nc3cc(C(F)(F)F)ccc32)c1. The molecule has 4 aromatic rings. The molecule has 0 atom stereocenters. The molecule has 1 heterocycles. The first-order valence-electron chi connectivity index (χ1n) is 8.89. The zero-order chi connectivity index (χ0) is 21.5. The van der Waals surface area contributed by atoms with Crippen LogP contribution in [0.25, 0.3) is 16.7 Å². The van der Waals surface area contributed by atoms with Crippen LogP contribution in [0.1, 0.15) is 27.3 Å². The van der Waals surface area contributed by atoms with Crippen molar-refractivity contribution in [1.29, 1.82) is 0 Å². The predicted octanol–water partition coefficient (Wildman–Crippen LogP) is 5.99. The number of halogens is 4. The number of aromatic nitrogens is 2. The van der Waals surface area contributed by atoms with Gasteiger partial charge < -0.3 is 5.11 Å². The van der Waals surface area contributed by atoms with E-state index in [1.54, 1.807) is 41.0 Å². The van der Waals surface area contributed by atoms with Crippen molar-refractivity contribution in [2.45, 2.75) is 12.6 Å². The first kappa shape index (κ1) is 20.0. The Balaban J connectivity index is 1.91. The average Bonchev–Trinajstić information content (AvgIpc) is 3.06. The van der Waals surface area contributed by atoms with Crippen molar-refractivity contribution >= 4 is 28.6 Å². The van der Waals surface area contributed by atoms with E-state index in [0.717, 1.165) is 17.7 Å². The topological polar surface area (TPSA) is 55.1 Å². The number of alkyl halides is 3. The van der Waals surface area contributed by atoms with Crippen molar-refractivity contribution in [3.05, 3.63) is 94.3 Å². The molecule has 0 saturated heterocycles. The molecule has 3 aromatic carbocycles. The van der Waals surface area contributed by atoms with Crippen LogP contribution in [-0.2, 0) is 12.6 Å². The second kappa shape index (κ2) is 7.50. The fraction of sp³-hybridized carbons (Fsp3) is 0.0909. The van der Waals surface area contributed by atoms with Crippen LogP contribution < -0.4 is 0 Å². The van der Waals surface area contributed by atoms with Crippen LogP contribution in [-0.4, -0.2) is 20.6 Å². The third-order valence-electron chi connectivity index (χ3n) is 4.68. The maximum atomic E-state index is 13.2. The Hall–Kier alpha value is -3.32. The normalized spacial score (nSPS) is 11.7. The van der Waals surface area contributed by atoms with E-state index in [2.05, 4.69) is 4.98 Å². The molecule has 0 bridgehead atoms. The summed E-state index contributed by atoms with van der Waals surface area (Å²) in [4.78, 5) is 15.8. The largest absolute Gasteiger partial charge is 0.478 e. The predicted molar refractivity (Wildman–Crippen MR) is 107 cm³/mol. The van der Waals surface area contributed by atoms with Crippen LogP contribution in [0.2, 0.25) is 5.02 Å². The number of aromatic carboxylic acids is 1. The quantitative estimate of drug-likeness (QED) is 0.433. The minimum absolute atomic E-state index is 0.0682. The Morgan fingerprint density at radius 2 is 1.77 bits per heavy atom. The molecule has 0 amide bonds. The summed E-state index contributed by atoms with van der Waals surface area (Å²) in [7, 11) is 0. The highest BCUT2D eigenvalue weighted by atomic mass is 35.5. The number of hydrogen-bond acceptors (Lipinski definition) is 2. The molecule has 0 aliphatic rings. The lowest BCUT2D eigenvalue weighted by Gasteiger charge is -2.11. The summed E-state index contributed by atoms with van der Waals surface area (Å²) in [5, 5.41) is 9.88. The molecular weight excluding hydrogens is 417 g/mol. The van der Waals surface area contributed by atoms with Crippen molar-refractivity contribution in [3.63, 3.8) is 0 Å². The molecule has 0 fully saturated rings. The second-order valence-electron chi connectivity index (χ2n) is 6.72. The van der Waals surface area contributed by atoms with Gasteiger partial charge in [0.25, 0.3) is 0 Å². The lowest BCUT2D eigenvalue weighted by molar-refractivity contribution is -0.137. The van der Waals surface area contributed by atoms with Crippen LogP contribution in [0.5, 0.6) is 0 Å². The number of carboxylic acids is 1. The Morgan fingerprint density at radius 1 is 1.03 bits per heavy atom. The molecule has 4 rings (SSSR count). The highest BCUT2D eigenvalue weighted by molar-refractivity contribution is 6.30. The van der Waals surface area contributed by atoms with E-state index >= 15 is 0 Å². The molecule has 0 spiro atoms. The zero-order valence-electron chi connectivity index (χ0n) is 15.3. The summed E-state index contributed by atoms with van der Waals surface area (Å²) in [5.41, 5.74) is 1.27. The van der Waals surface area contributed by atoms with Gasteiger partial charge in [-0.3, -0.25) is 4.57 Å². The molecule has 0 saturated carbocycles. The number of nitrogens with zero attached hydrogens (tertiary/aromatic N) is 2. The molecule has 1 N–H and O–H groups in total. The van der Waals surface area contributed by atoms with Gasteiger partial charge in [0.1, 0.15) is 5.82 Å². The van der Waals surface area contributed by atoms with Gasteiger partial charge in [-0.1, -0.05) is 29.8 Å². The summed E-state index contributed by atoms with van der Waals surface area (Å²) < 4.78 is 41.2. The zero-order valence-corrected chi connectivity index (χ0v) is 16.1. The highest BCUT2D eigenvalue weighted by Gasteiger charge is 2.31. The maximum Gasteiger partial charge on any atom is 0.416 e. The fourth-order valence-corrected chi connectivity index (χ4v) is 3.40. The van der Waals surface area contributed by atoms with E-state index in [1.165, 1.54) is 18.2 Å². The molecule has 152 valence electrons. The lowest BCUT2D eigenvalue weighted by atomic mass is 10.1. The van der Waals surface area contributed by atoms with Crippen LogP contribution in [0.15, 0.2) is 66.7 Å². The molecule has 8 heteroatoms. The van der Waals surface area contributed by atoms with Gasteiger partial charge in [0.2, 0.25) is 0 Å². The third kappa shape index (κ3) is 3.89. The van der Waals surface area contributed by atoms with Gasteiger partial charge in [-0.05, 0) is 54.1 Å². The summed E-state index contributed by atoms with van der Waals surface area (Å²) in [6.45, 7) is 0. The summed E-state index contributed by atoms with van der Waals surface area (Å²) in [6.07, 6.45) is -4.16. The Morgan fingerprint density at radius 3 is 2.43 bits per heavy atom. The van der Waals surface area contributed by atoms with Crippen LogP contribution >= 0.6 is 11.6 Å². The van der Waals surface area contributed by atoms with Crippen molar-refractivity contribution in [2.75, 3.05) is 0 Å². The smallest absolute Gasteiger partial charge is 0.416 e. The lowest BCUT2D eigenvalue weighted by Crippen LogP contribution is -2.05. The molecule has 1 aromatic heterocycles. The first-order chi connectivity index (χ1) is 14.2. The molecule has 0 radical (unpaired) electrons. The van der Waals surface area contributed by atoms with Gasteiger partial charge in [0.05, 0.1) is 22.2 Å². The van der Waals surface area contributed by atoms with E-state index in [1.807, 2.05) is 0 Å². The summed E-state index contributed by atoms with van der Waals surface area (Å²) >= 11 is 5.93. The fourth-order valence-electron chi connectivity index (χ4n) is 3.28. The van der Waals surface area contributed by atoms with Gasteiger partial charge in [-0.15, -0.1) is 0 Å². The monoisotopic (exact) mass is 430 g/mol. The Kier molecular flexibility index (Phi) is 4.99. The van der Waals surface area contributed by atoms with Crippen LogP contribution in [0.4, 0.5) is 13.2 Å². The van der Waals surface area contributed by atoms with Crippen molar-refractivity contribution in [3.8, 4) is 5.69 Å². The number of fused-ring (bicyclic) bond motifs is 1. The van der Waals surface area contributed by atoms with Gasteiger partial charge >= 0.3 is 12.1 Å². The minimum Gasteiger partial charge on any atom is -0.478 e. The summed E-state index contributed by atoms with van der Waals surface area (Å²) in [6, 6.07) is 16.6. The average molecular weight is 431 g/mol. The molecule has 4 nitrogen and oxygen atoms in total.